The van der Waals surface area contributed by atoms with Crippen LogP contribution in [0, 0.1) is 6.92 Å². The summed E-state index contributed by atoms with van der Waals surface area (Å²) in [5.74, 6) is 0.976. The molecule has 2 heterocycles. The highest BCUT2D eigenvalue weighted by molar-refractivity contribution is 5.95. The Kier molecular flexibility index (Phi) is 7.87. The van der Waals surface area contributed by atoms with Gasteiger partial charge in [-0.15, -0.1) is 0 Å². The van der Waals surface area contributed by atoms with Gasteiger partial charge in [-0.05, 0) is 43.9 Å². The lowest BCUT2D eigenvalue weighted by Gasteiger charge is -2.32. The highest BCUT2D eigenvalue weighted by atomic mass is 16.5. The Morgan fingerprint density at radius 3 is 2.47 bits per heavy atom. The van der Waals surface area contributed by atoms with Crippen LogP contribution in [0.3, 0.4) is 0 Å². The highest BCUT2D eigenvalue weighted by Crippen LogP contribution is 2.29. The van der Waals surface area contributed by atoms with Crippen molar-refractivity contribution in [3.05, 3.63) is 64.2 Å². The van der Waals surface area contributed by atoms with Crippen LogP contribution in [0.4, 0.5) is 0 Å². The Balaban J connectivity index is 1.28. The lowest BCUT2D eigenvalue weighted by Crippen LogP contribution is -2.46. The van der Waals surface area contributed by atoms with Crippen LogP contribution < -0.4 is 20.3 Å². The van der Waals surface area contributed by atoms with Crippen LogP contribution in [0.15, 0.2) is 47.5 Å². The number of hydrogen-bond acceptors (Lipinski definition) is 6. The van der Waals surface area contributed by atoms with Crippen molar-refractivity contribution in [3.63, 3.8) is 0 Å². The zero-order valence-electron chi connectivity index (χ0n) is 21.0. The molecule has 1 fully saturated rings. The summed E-state index contributed by atoms with van der Waals surface area (Å²) < 4.78 is 12.1. The molecule has 2 aromatic carbocycles. The van der Waals surface area contributed by atoms with Gasteiger partial charge in [-0.3, -0.25) is 19.0 Å². The number of methoxy groups -OCH3 is 2. The topological polar surface area (TPSA) is 103 Å². The largest absolute Gasteiger partial charge is 0.493 e. The molecule has 1 aliphatic heterocycles. The highest BCUT2D eigenvalue weighted by Gasteiger charge is 2.24. The SMILES string of the molecule is COc1cc2ncn(CCCC(=O)N3CCC(NC(=O)c4ccccc4C)CC3)c(=O)c2cc1OC. The summed E-state index contributed by atoms with van der Waals surface area (Å²) in [5.41, 5.74) is 1.98. The summed E-state index contributed by atoms with van der Waals surface area (Å²) in [6.07, 6.45) is 3.83. The molecule has 36 heavy (non-hydrogen) atoms. The van der Waals surface area contributed by atoms with Crippen LogP contribution in [-0.2, 0) is 11.3 Å². The Morgan fingerprint density at radius 1 is 1.08 bits per heavy atom. The molecule has 9 nitrogen and oxygen atoms in total. The van der Waals surface area contributed by atoms with Gasteiger partial charge in [-0.25, -0.2) is 4.98 Å². The van der Waals surface area contributed by atoms with Crippen molar-refractivity contribution in [1.82, 2.24) is 19.8 Å². The van der Waals surface area contributed by atoms with Crippen LogP contribution in [0.5, 0.6) is 11.5 Å². The van der Waals surface area contributed by atoms with Crippen LogP contribution in [0.25, 0.3) is 10.9 Å². The Labute approximate surface area is 210 Å². The van der Waals surface area contributed by atoms with E-state index in [2.05, 4.69) is 10.3 Å². The van der Waals surface area contributed by atoms with Gasteiger partial charge in [0.1, 0.15) is 0 Å². The minimum Gasteiger partial charge on any atom is -0.493 e. The third kappa shape index (κ3) is 5.50. The summed E-state index contributed by atoms with van der Waals surface area (Å²) in [5, 5.41) is 3.54. The normalized spacial score (nSPS) is 14.0. The molecule has 3 aromatic rings. The van der Waals surface area contributed by atoms with Crippen LogP contribution in [0.1, 0.15) is 41.6 Å². The number of nitrogens with one attached hydrogen (secondary N) is 1. The lowest BCUT2D eigenvalue weighted by atomic mass is 10.0. The van der Waals surface area contributed by atoms with E-state index in [9.17, 15) is 14.4 Å². The maximum Gasteiger partial charge on any atom is 0.261 e. The summed E-state index contributed by atoms with van der Waals surface area (Å²) in [6.45, 7) is 3.53. The predicted molar refractivity (Wildman–Crippen MR) is 137 cm³/mol. The molecule has 1 aromatic heterocycles. The Morgan fingerprint density at radius 2 is 1.78 bits per heavy atom. The van der Waals surface area contributed by atoms with E-state index < -0.39 is 0 Å². The zero-order valence-corrected chi connectivity index (χ0v) is 21.0. The molecular formula is C27H32N4O5. The first-order chi connectivity index (χ1) is 17.4. The molecular weight excluding hydrogens is 460 g/mol. The number of nitrogens with zero attached hydrogens (tertiary/aromatic N) is 3. The van der Waals surface area contributed by atoms with Gasteiger partial charge in [0, 0.05) is 43.7 Å². The second kappa shape index (κ2) is 11.2. The Hall–Kier alpha value is -3.88. The number of fused-ring (bicyclic) bond motifs is 1. The van der Waals surface area contributed by atoms with Crippen LogP contribution >= 0.6 is 0 Å². The minimum absolute atomic E-state index is 0.0547. The fourth-order valence-electron chi connectivity index (χ4n) is 4.57. The molecule has 1 saturated heterocycles. The molecule has 9 heteroatoms. The molecule has 0 radical (unpaired) electrons. The summed E-state index contributed by atoms with van der Waals surface area (Å²) in [4.78, 5) is 44.4. The van der Waals surface area contributed by atoms with E-state index in [4.69, 9.17) is 9.47 Å². The van der Waals surface area contributed by atoms with Gasteiger partial charge in [0.15, 0.2) is 11.5 Å². The minimum atomic E-state index is -0.182. The average Bonchev–Trinajstić information content (AvgIpc) is 2.89. The van der Waals surface area contributed by atoms with Gasteiger partial charge >= 0.3 is 0 Å². The number of rotatable bonds is 8. The van der Waals surface area contributed by atoms with Gasteiger partial charge < -0.3 is 19.7 Å². The first kappa shape index (κ1) is 25.2. The van der Waals surface area contributed by atoms with Crippen molar-refractivity contribution < 1.29 is 19.1 Å². The summed E-state index contributed by atoms with van der Waals surface area (Å²) >= 11 is 0. The molecule has 4 rings (SSSR count). The molecule has 0 atom stereocenters. The van der Waals surface area contributed by atoms with Crippen LogP contribution in [-0.4, -0.2) is 59.6 Å². The van der Waals surface area contributed by atoms with E-state index >= 15 is 0 Å². The van der Waals surface area contributed by atoms with Crippen molar-refractivity contribution in [1.29, 1.82) is 0 Å². The molecule has 0 saturated carbocycles. The van der Waals surface area contributed by atoms with E-state index in [1.165, 1.54) is 25.1 Å². The monoisotopic (exact) mass is 492 g/mol. The first-order valence-corrected chi connectivity index (χ1v) is 12.2. The van der Waals surface area contributed by atoms with Gasteiger partial charge in [0.2, 0.25) is 5.91 Å². The third-order valence-electron chi connectivity index (χ3n) is 6.69. The predicted octanol–water partition coefficient (Wildman–Crippen LogP) is 2.92. The fraction of sp³-hybridized carbons (Fsp3) is 0.407. The maximum atomic E-state index is 12.9. The average molecular weight is 493 g/mol. The molecule has 0 aliphatic carbocycles. The van der Waals surface area contributed by atoms with E-state index in [1.807, 2.05) is 36.1 Å². The number of likely N-dealkylation sites (tertiary alicyclic amines) is 1. The Bertz CT molecular complexity index is 1310. The second-order valence-electron chi connectivity index (χ2n) is 9.01. The summed E-state index contributed by atoms with van der Waals surface area (Å²) in [7, 11) is 3.05. The van der Waals surface area contributed by atoms with Crippen molar-refractivity contribution in [2.24, 2.45) is 0 Å². The van der Waals surface area contributed by atoms with Crippen molar-refractivity contribution in [3.8, 4) is 11.5 Å². The number of amides is 2. The number of carbonyl (C=O) groups is 2. The maximum absolute atomic E-state index is 12.9. The van der Waals surface area contributed by atoms with Crippen molar-refractivity contribution >= 4 is 22.7 Å². The fourth-order valence-corrected chi connectivity index (χ4v) is 4.57. The second-order valence-corrected chi connectivity index (χ2v) is 9.01. The number of hydrogen-bond donors (Lipinski definition) is 1. The first-order valence-electron chi connectivity index (χ1n) is 12.2. The van der Waals surface area contributed by atoms with Crippen molar-refractivity contribution in [2.45, 2.75) is 45.2 Å². The van der Waals surface area contributed by atoms with Crippen molar-refractivity contribution in [2.75, 3.05) is 27.3 Å². The number of aromatic nitrogens is 2. The number of benzene rings is 2. The van der Waals surface area contributed by atoms with Gasteiger partial charge in [0.25, 0.3) is 11.5 Å². The number of piperidine rings is 1. The standard InChI is InChI=1S/C27H32N4O5/c1-18-7-4-5-8-20(18)26(33)29-19-10-13-30(14-11-19)25(32)9-6-12-31-17-28-22-16-24(36-3)23(35-2)15-21(22)27(31)34/h4-5,7-8,15-17,19H,6,9-14H2,1-3H3,(H,29,33). The third-order valence-corrected chi connectivity index (χ3v) is 6.69. The molecule has 1 aliphatic rings. The molecule has 190 valence electrons. The molecule has 0 bridgehead atoms. The lowest BCUT2D eigenvalue weighted by molar-refractivity contribution is -0.132. The van der Waals surface area contributed by atoms with Gasteiger partial charge in [0.05, 0.1) is 31.4 Å². The van der Waals surface area contributed by atoms with Gasteiger partial charge in [-0.2, -0.15) is 0 Å². The molecule has 1 N–H and O–H groups in total. The smallest absolute Gasteiger partial charge is 0.261 e. The van der Waals surface area contributed by atoms with Crippen LogP contribution in [0.2, 0.25) is 0 Å². The quantitative estimate of drug-likeness (QED) is 0.519. The summed E-state index contributed by atoms with van der Waals surface area (Å²) in [6, 6.07) is 10.9. The molecule has 0 spiro atoms. The van der Waals surface area contributed by atoms with E-state index in [-0.39, 0.29) is 23.4 Å². The van der Waals surface area contributed by atoms with Gasteiger partial charge in [-0.1, -0.05) is 18.2 Å². The van der Waals surface area contributed by atoms with E-state index in [0.29, 0.717) is 60.4 Å². The zero-order chi connectivity index (χ0) is 25.7. The number of aryl methyl sites for hydroxylation is 2. The number of ether oxygens (including phenoxy) is 2. The molecule has 0 unspecified atom stereocenters. The van der Waals surface area contributed by atoms with E-state index in [1.54, 1.807) is 12.1 Å². The van der Waals surface area contributed by atoms with E-state index in [0.717, 1.165) is 18.4 Å². The molecule has 2 amide bonds. The number of carbonyl (C=O) groups excluding carboxylic acids is 2.